The molecule has 0 unspecified atom stereocenters. The molecule has 3 rings (SSSR count). The molecule has 0 aliphatic heterocycles. The molecule has 76 valence electrons. The minimum atomic E-state index is 0.509. The van der Waals surface area contributed by atoms with Crippen molar-refractivity contribution in [2.75, 3.05) is 0 Å². The third kappa shape index (κ3) is 1.29. The lowest BCUT2D eigenvalue weighted by molar-refractivity contribution is 0.00874. The van der Waals surface area contributed by atoms with Crippen LogP contribution in [0.2, 0.25) is 0 Å². The fraction of sp³-hybridized carbons (Fsp3) is 0.800. The molecule has 14 heavy (non-hydrogen) atoms. The maximum Gasteiger partial charge on any atom is 0.132 e. The van der Waals surface area contributed by atoms with Gasteiger partial charge >= 0.3 is 0 Å². The van der Waals surface area contributed by atoms with Crippen LogP contribution in [-0.4, -0.2) is 10.2 Å². The molecule has 2 aliphatic rings. The number of aromatic nitrogens is 2. The molecule has 0 aromatic carbocycles. The zero-order chi connectivity index (χ0) is 9.60. The molecule has 2 nitrogen and oxygen atoms in total. The number of halogens is 1. The molecule has 0 saturated heterocycles. The van der Waals surface area contributed by atoms with E-state index in [0.29, 0.717) is 11.8 Å². The first kappa shape index (κ1) is 9.10. The van der Waals surface area contributed by atoms with Gasteiger partial charge in [-0.25, -0.2) is 0 Å². The molecule has 0 amide bonds. The molecule has 0 N–H and O–H groups in total. The van der Waals surface area contributed by atoms with Gasteiger partial charge in [-0.05, 0) is 31.1 Å². The minimum absolute atomic E-state index is 0.509. The van der Waals surface area contributed by atoms with E-state index in [2.05, 4.69) is 10.2 Å². The van der Waals surface area contributed by atoms with Crippen molar-refractivity contribution in [3.05, 3.63) is 10.0 Å². The van der Waals surface area contributed by atoms with Gasteiger partial charge in [0.25, 0.3) is 0 Å². The highest BCUT2D eigenvalue weighted by molar-refractivity contribution is 7.11. The van der Waals surface area contributed by atoms with Crippen molar-refractivity contribution < 1.29 is 0 Å². The number of hydrogen-bond donors (Lipinski definition) is 0. The summed E-state index contributed by atoms with van der Waals surface area (Å²) < 4.78 is 0. The average molecular weight is 229 g/mol. The lowest BCUT2D eigenvalue weighted by atomic mass is 9.52. The van der Waals surface area contributed by atoms with E-state index in [9.17, 15) is 0 Å². The normalized spacial score (nSPS) is 24.6. The van der Waals surface area contributed by atoms with Gasteiger partial charge in [0.2, 0.25) is 0 Å². The van der Waals surface area contributed by atoms with Crippen LogP contribution in [0, 0.1) is 5.41 Å². The molecule has 2 fully saturated rings. The Kier molecular flexibility index (Phi) is 2.06. The Morgan fingerprint density at radius 2 is 2.14 bits per heavy atom. The molecule has 1 spiro atoms. The van der Waals surface area contributed by atoms with Gasteiger partial charge in [-0.3, -0.25) is 0 Å². The van der Waals surface area contributed by atoms with E-state index >= 15 is 0 Å². The van der Waals surface area contributed by atoms with Crippen molar-refractivity contribution in [3.63, 3.8) is 0 Å². The first-order chi connectivity index (χ1) is 6.81. The van der Waals surface area contributed by atoms with Crippen LogP contribution in [0.3, 0.4) is 0 Å². The van der Waals surface area contributed by atoms with Gasteiger partial charge in [0.05, 0.1) is 5.88 Å². The van der Waals surface area contributed by atoms with Gasteiger partial charge in [-0.15, -0.1) is 21.8 Å². The third-order valence-electron chi connectivity index (χ3n) is 3.72. The topological polar surface area (TPSA) is 25.8 Å². The number of alkyl halides is 1. The Balaban J connectivity index is 1.67. The molecule has 2 saturated carbocycles. The SMILES string of the molecule is ClCc1nnc(C2CC3(CCC3)C2)s1. The maximum absolute atomic E-state index is 5.71. The van der Waals surface area contributed by atoms with E-state index in [1.807, 2.05) is 0 Å². The van der Waals surface area contributed by atoms with E-state index in [1.54, 1.807) is 11.3 Å². The highest BCUT2D eigenvalue weighted by atomic mass is 35.5. The van der Waals surface area contributed by atoms with Crippen molar-refractivity contribution in [2.24, 2.45) is 5.41 Å². The smallest absolute Gasteiger partial charge is 0.132 e. The van der Waals surface area contributed by atoms with E-state index in [0.717, 1.165) is 10.4 Å². The lowest BCUT2D eigenvalue weighted by Crippen LogP contribution is -2.41. The van der Waals surface area contributed by atoms with Crippen LogP contribution >= 0.6 is 22.9 Å². The highest BCUT2D eigenvalue weighted by Crippen LogP contribution is 2.62. The van der Waals surface area contributed by atoms with Crippen molar-refractivity contribution >= 4 is 22.9 Å². The van der Waals surface area contributed by atoms with E-state index < -0.39 is 0 Å². The van der Waals surface area contributed by atoms with Crippen molar-refractivity contribution in [3.8, 4) is 0 Å². The monoisotopic (exact) mass is 228 g/mol. The first-order valence-electron chi connectivity index (χ1n) is 5.20. The molecule has 0 radical (unpaired) electrons. The Bertz CT molecular complexity index is 338. The van der Waals surface area contributed by atoms with Crippen molar-refractivity contribution in [1.29, 1.82) is 0 Å². The number of nitrogens with zero attached hydrogens (tertiary/aromatic N) is 2. The summed E-state index contributed by atoms with van der Waals surface area (Å²) >= 11 is 7.41. The van der Waals surface area contributed by atoms with Gasteiger partial charge < -0.3 is 0 Å². The predicted octanol–water partition coefficient (Wildman–Crippen LogP) is 3.32. The maximum atomic E-state index is 5.71. The summed E-state index contributed by atoms with van der Waals surface area (Å²) in [6.07, 6.45) is 7.04. The number of hydrogen-bond acceptors (Lipinski definition) is 3. The Morgan fingerprint density at radius 3 is 2.64 bits per heavy atom. The average Bonchev–Trinajstić information content (AvgIpc) is 2.47. The van der Waals surface area contributed by atoms with Crippen LogP contribution in [0.4, 0.5) is 0 Å². The number of rotatable bonds is 2. The van der Waals surface area contributed by atoms with Gasteiger partial charge in [0.1, 0.15) is 10.0 Å². The second-order valence-electron chi connectivity index (χ2n) is 4.63. The van der Waals surface area contributed by atoms with Crippen LogP contribution in [0.25, 0.3) is 0 Å². The minimum Gasteiger partial charge on any atom is -0.143 e. The largest absolute Gasteiger partial charge is 0.143 e. The summed E-state index contributed by atoms with van der Waals surface area (Å²) in [7, 11) is 0. The van der Waals surface area contributed by atoms with Gasteiger partial charge in [0.15, 0.2) is 0 Å². The fourth-order valence-electron chi connectivity index (χ4n) is 2.73. The molecular weight excluding hydrogens is 216 g/mol. The molecule has 0 atom stereocenters. The standard InChI is InChI=1S/C10H13ClN2S/c11-6-8-12-13-9(14-8)7-4-10(5-7)2-1-3-10/h7H,1-6H2. The molecule has 4 heteroatoms. The van der Waals surface area contributed by atoms with Gasteiger partial charge in [0, 0.05) is 5.92 Å². The van der Waals surface area contributed by atoms with Crippen molar-refractivity contribution in [2.45, 2.75) is 43.9 Å². The van der Waals surface area contributed by atoms with Crippen LogP contribution in [0.1, 0.15) is 48.0 Å². The molecule has 1 heterocycles. The summed E-state index contributed by atoms with van der Waals surface area (Å²) in [6, 6.07) is 0. The zero-order valence-electron chi connectivity index (χ0n) is 8.00. The second kappa shape index (κ2) is 3.17. The van der Waals surface area contributed by atoms with Gasteiger partial charge in [-0.1, -0.05) is 17.8 Å². The summed E-state index contributed by atoms with van der Waals surface area (Å²) in [5.41, 5.74) is 0.734. The van der Waals surface area contributed by atoms with Crippen molar-refractivity contribution in [1.82, 2.24) is 10.2 Å². The molecule has 1 aromatic heterocycles. The Hall–Kier alpha value is -0.150. The summed E-state index contributed by atoms with van der Waals surface area (Å²) in [4.78, 5) is 0. The molecule has 2 aliphatic carbocycles. The Morgan fingerprint density at radius 1 is 1.36 bits per heavy atom. The highest BCUT2D eigenvalue weighted by Gasteiger charge is 2.49. The molecular formula is C10H13ClN2S. The van der Waals surface area contributed by atoms with Crippen LogP contribution in [0.15, 0.2) is 0 Å². The van der Waals surface area contributed by atoms with E-state index in [1.165, 1.54) is 37.1 Å². The van der Waals surface area contributed by atoms with Crippen LogP contribution < -0.4 is 0 Å². The third-order valence-corrected chi connectivity index (χ3v) is 5.22. The molecule has 1 aromatic rings. The zero-order valence-corrected chi connectivity index (χ0v) is 9.57. The van der Waals surface area contributed by atoms with Crippen LogP contribution in [-0.2, 0) is 5.88 Å². The molecule has 0 bridgehead atoms. The summed E-state index contributed by atoms with van der Waals surface area (Å²) in [5.74, 6) is 1.21. The van der Waals surface area contributed by atoms with E-state index in [-0.39, 0.29) is 0 Å². The lowest BCUT2D eigenvalue weighted by Gasteiger charge is -2.53. The Labute approximate surface area is 92.7 Å². The second-order valence-corrected chi connectivity index (χ2v) is 5.99. The predicted molar refractivity (Wildman–Crippen MR) is 57.7 cm³/mol. The van der Waals surface area contributed by atoms with E-state index in [4.69, 9.17) is 11.6 Å². The quantitative estimate of drug-likeness (QED) is 0.726. The summed E-state index contributed by atoms with van der Waals surface area (Å²) in [5, 5.41) is 10.5. The first-order valence-corrected chi connectivity index (χ1v) is 6.55. The summed E-state index contributed by atoms with van der Waals surface area (Å²) in [6.45, 7) is 0. The fourth-order valence-corrected chi connectivity index (χ4v) is 3.74. The van der Waals surface area contributed by atoms with Crippen LogP contribution in [0.5, 0.6) is 0 Å². The van der Waals surface area contributed by atoms with Gasteiger partial charge in [-0.2, -0.15) is 0 Å².